The number of halogens is 1. The molecule has 1 fully saturated rings. The van der Waals surface area contributed by atoms with Gasteiger partial charge in [0, 0.05) is 18.8 Å². The van der Waals surface area contributed by atoms with E-state index in [1.807, 2.05) is 19.9 Å². The number of fused-ring (bicyclic) bond motifs is 1. The number of rotatable bonds is 8. The number of allylic oxidation sites excluding steroid dienone is 3. The van der Waals surface area contributed by atoms with Crippen molar-refractivity contribution in [2.24, 2.45) is 13.0 Å². The van der Waals surface area contributed by atoms with Crippen molar-refractivity contribution in [1.29, 1.82) is 0 Å². The van der Waals surface area contributed by atoms with E-state index in [1.165, 1.54) is 22.8 Å². The Morgan fingerprint density at radius 2 is 2.06 bits per heavy atom. The maximum atomic E-state index is 13.4. The van der Waals surface area contributed by atoms with Crippen molar-refractivity contribution in [3.63, 3.8) is 0 Å². The second-order valence-corrected chi connectivity index (χ2v) is 10.6. The number of imide groups is 1. The molecule has 0 bridgehead atoms. The van der Waals surface area contributed by atoms with Crippen LogP contribution in [-0.4, -0.2) is 64.1 Å². The normalized spacial score (nSPS) is 21.8. The van der Waals surface area contributed by atoms with Gasteiger partial charge in [-0.3, -0.25) is 4.68 Å². The van der Waals surface area contributed by atoms with Gasteiger partial charge in [-0.2, -0.15) is 19.4 Å². The highest BCUT2D eigenvalue weighted by Crippen LogP contribution is 2.37. The van der Waals surface area contributed by atoms with Gasteiger partial charge in [-0.1, -0.05) is 5.57 Å². The number of aryl methyl sites for hydroxylation is 1. The second kappa shape index (κ2) is 8.45. The van der Waals surface area contributed by atoms with Crippen LogP contribution in [0, 0.1) is 5.92 Å². The summed E-state index contributed by atoms with van der Waals surface area (Å²) in [6.45, 7) is 3.28. The van der Waals surface area contributed by atoms with Gasteiger partial charge in [-0.15, -0.1) is 0 Å². The average Bonchev–Trinajstić information content (AvgIpc) is 3.41. The molecule has 1 saturated carbocycles. The molecule has 1 aliphatic heterocycles. The molecule has 1 N–H and O–H groups in total. The Balaban J connectivity index is 1.72. The Labute approximate surface area is 192 Å². The summed E-state index contributed by atoms with van der Waals surface area (Å²) in [4.78, 5) is 27.6. The molecule has 0 aromatic carbocycles. The number of sulfonamides is 1. The molecule has 1 unspecified atom stereocenters. The van der Waals surface area contributed by atoms with Gasteiger partial charge in [0.2, 0.25) is 10.0 Å². The molecule has 0 saturated heterocycles. The zero-order chi connectivity index (χ0) is 24.0. The van der Waals surface area contributed by atoms with Crippen LogP contribution in [0.2, 0.25) is 0 Å². The lowest BCUT2D eigenvalue weighted by molar-refractivity contribution is -0.429. The van der Waals surface area contributed by atoms with Crippen molar-refractivity contribution in [2.75, 3.05) is 13.2 Å². The maximum absolute atomic E-state index is 13.4. The quantitative estimate of drug-likeness (QED) is 0.455. The first-order valence-corrected chi connectivity index (χ1v) is 12.1. The molecule has 1 atom stereocenters. The van der Waals surface area contributed by atoms with Crippen molar-refractivity contribution in [3.8, 4) is 0 Å². The van der Waals surface area contributed by atoms with E-state index >= 15 is 0 Å². The van der Waals surface area contributed by atoms with E-state index in [-0.39, 0.29) is 18.0 Å². The average molecular weight is 477 g/mol. The number of hydrogen-bond acceptors (Lipinski definition) is 5. The van der Waals surface area contributed by atoms with Crippen LogP contribution in [0.5, 0.6) is 0 Å². The van der Waals surface area contributed by atoms with Crippen LogP contribution in [0.25, 0.3) is 0 Å². The largest absolute Gasteiger partial charge is 0.501 e. The monoisotopic (exact) mass is 476 g/mol. The summed E-state index contributed by atoms with van der Waals surface area (Å²) in [7, 11) is -2.29. The maximum Gasteiger partial charge on any atom is 0.501 e. The van der Waals surface area contributed by atoms with E-state index in [9.17, 15) is 22.4 Å². The summed E-state index contributed by atoms with van der Waals surface area (Å²) in [5, 5.41) is 4.08. The minimum Gasteiger partial charge on any atom is -0.275 e. The number of carbonyl (C=O) groups excluding carboxylic acids is 2. The SMILES string of the molecule is CC(C)=CC[N+]1=C2C=CC(S(=O)(=O)NC3(CF)CC3)=CC2C(=O)N(Cc2cnn(C)c2)C1=O. The third-order valence-corrected chi connectivity index (χ3v) is 7.52. The molecule has 9 nitrogen and oxygen atoms in total. The van der Waals surface area contributed by atoms with Crippen molar-refractivity contribution in [3.05, 3.63) is 52.7 Å². The molecule has 0 radical (unpaired) electrons. The summed E-state index contributed by atoms with van der Waals surface area (Å²) >= 11 is 0. The lowest BCUT2D eigenvalue weighted by atomic mass is 9.94. The van der Waals surface area contributed by atoms with Gasteiger partial charge in [-0.05, 0) is 51.0 Å². The van der Waals surface area contributed by atoms with E-state index in [0.29, 0.717) is 24.1 Å². The van der Waals surface area contributed by atoms with Gasteiger partial charge < -0.3 is 0 Å². The molecule has 2 aliphatic carbocycles. The summed E-state index contributed by atoms with van der Waals surface area (Å²) < 4.78 is 44.5. The number of hydrogen-bond donors (Lipinski definition) is 1. The predicted octanol–water partition coefficient (Wildman–Crippen LogP) is 1.79. The van der Waals surface area contributed by atoms with Gasteiger partial charge in [-0.25, -0.2) is 22.3 Å². The number of aromatic nitrogens is 2. The zero-order valence-electron chi connectivity index (χ0n) is 18.8. The zero-order valence-corrected chi connectivity index (χ0v) is 19.6. The van der Waals surface area contributed by atoms with E-state index in [4.69, 9.17) is 0 Å². The Morgan fingerprint density at radius 1 is 1.33 bits per heavy atom. The molecule has 33 heavy (non-hydrogen) atoms. The first-order chi connectivity index (χ1) is 15.5. The smallest absolute Gasteiger partial charge is 0.275 e. The molecule has 2 heterocycles. The summed E-state index contributed by atoms with van der Waals surface area (Å²) in [6, 6.07) is -0.482. The van der Waals surface area contributed by atoms with Crippen LogP contribution < -0.4 is 4.72 Å². The summed E-state index contributed by atoms with van der Waals surface area (Å²) in [5.41, 5.74) is 1.04. The molecule has 0 spiro atoms. The molecular formula is C22H27FN5O4S+. The number of urea groups is 1. The molecule has 11 heteroatoms. The molecule has 1 aromatic heterocycles. The topological polar surface area (TPSA) is 104 Å². The number of amides is 3. The van der Waals surface area contributed by atoms with Gasteiger partial charge in [0.1, 0.15) is 31.4 Å². The lowest BCUT2D eigenvalue weighted by Crippen LogP contribution is -2.54. The van der Waals surface area contributed by atoms with Crippen LogP contribution in [0.4, 0.5) is 9.18 Å². The van der Waals surface area contributed by atoms with E-state index in [1.54, 1.807) is 24.1 Å². The predicted molar refractivity (Wildman–Crippen MR) is 119 cm³/mol. The van der Waals surface area contributed by atoms with E-state index in [0.717, 1.165) is 10.5 Å². The van der Waals surface area contributed by atoms with Gasteiger partial charge in [0.05, 0.1) is 16.6 Å². The number of carbonyl (C=O) groups is 2. The minimum absolute atomic E-state index is 0.0173. The Bertz CT molecular complexity index is 1230. The third kappa shape index (κ3) is 4.60. The van der Waals surface area contributed by atoms with E-state index in [2.05, 4.69) is 9.82 Å². The third-order valence-electron chi connectivity index (χ3n) is 5.93. The van der Waals surface area contributed by atoms with Crippen molar-refractivity contribution < 1.29 is 27.0 Å². The van der Waals surface area contributed by atoms with Crippen LogP contribution >= 0.6 is 0 Å². The highest BCUT2D eigenvalue weighted by Gasteiger charge is 2.50. The Hall–Kier alpha value is -2.92. The fraction of sp³-hybridized carbons (Fsp3) is 0.455. The number of alkyl halides is 1. The second-order valence-electron chi connectivity index (χ2n) is 8.95. The van der Waals surface area contributed by atoms with Crippen LogP contribution in [-0.2, 0) is 28.4 Å². The Morgan fingerprint density at radius 3 is 2.64 bits per heavy atom. The molecule has 3 aliphatic rings. The Kier molecular flexibility index (Phi) is 5.95. The van der Waals surface area contributed by atoms with Crippen molar-refractivity contribution in [1.82, 2.24) is 19.4 Å². The molecule has 4 rings (SSSR count). The van der Waals surface area contributed by atoms with Crippen LogP contribution in [0.3, 0.4) is 0 Å². The van der Waals surface area contributed by atoms with E-state index < -0.39 is 40.1 Å². The standard InChI is InChI=1S/C22H27FN5O4S/c1-15(2)6-9-27-19-5-4-17(33(31,32)25-22(14-23)7-8-22)10-18(19)20(29)28(21(27)30)13-16-11-24-26(3)12-16/h4-6,10-12,18,25H,7-9,13-14H2,1-3H3/q+1. The van der Waals surface area contributed by atoms with Gasteiger partial charge >= 0.3 is 11.9 Å². The number of nitrogens with zero attached hydrogens (tertiary/aromatic N) is 4. The highest BCUT2D eigenvalue weighted by atomic mass is 32.2. The fourth-order valence-corrected chi connectivity index (χ4v) is 5.34. The molecule has 176 valence electrons. The first-order valence-electron chi connectivity index (χ1n) is 10.7. The van der Waals surface area contributed by atoms with Crippen LogP contribution in [0.1, 0.15) is 32.3 Å². The minimum atomic E-state index is -4.02. The summed E-state index contributed by atoms with van der Waals surface area (Å²) in [5.74, 6) is -1.47. The van der Waals surface area contributed by atoms with Crippen molar-refractivity contribution in [2.45, 2.75) is 38.8 Å². The molecule has 3 amide bonds. The number of nitrogens with one attached hydrogen (secondary N) is 1. The highest BCUT2D eigenvalue weighted by molar-refractivity contribution is 7.93. The summed E-state index contributed by atoms with van der Waals surface area (Å²) in [6.07, 6.45) is 10.2. The van der Waals surface area contributed by atoms with Gasteiger partial charge in [0.15, 0.2) is 0 Å². The fourth-order valence-electron chi connectivity index (χ4n) is 3.83. The lowest BCUT2D eigenvalue weighted by Gasteiger charge is -2.27. The molecular weight excluding hydrogens is 449 g/mol. The van der Waals surface area contributed by atoms with Crippen LogP contribution in [0.15, 0.2) is 47.2 Å². The van der Waals surface area contributed by atoms with Gasteiger partial charge in [0.25, 0.3) is 0 Å². The molecule has 1 aromatic rings. The van der Waals surface area contributed by atoms with Crippen molar-refractivity contribution >= 4 is 27.7 Å². The first kappa shape index (κ1) is 23.2.